The van der Waals surface area contributed by atoms with Crippen molar-refractivity contribution in [1.29, 1.82) is 0 Å². The van der Waals surface area contributed by atoms with Crippen LogP contribution in [0.4, 0.5) is 5.69 Å². The number of aryl methyl sites for hydroxylation is 1. The molecule has 0 aliphatic carbocycles. The third-order valence-corrected chi connectivity index (χ3v) is 4.69. The quantitative estimate of drug-likeness (QED) is 0.583. The van der Waals surface area contributed by atoms with E-state index in [1.807, 2.05) is 60.1 Å². The van der Waals surface area contributed by atoms with Gasteiger partial charge in [-0.2, -0.15) is 0 Å². The Morgan fingerprint density at radius 3 is 2.71 bits per heavy atom. The van der Waals surface area contributed by atoms with Crippen molar-refractivity contribution in [3.63, 3.8) is 0 Å². The third kappa shape index (κ3) is 2.95. The van der Waals surface area contributed by atoms with Gasteiger partial charge >= 0.3 is 0 Å². The van der Waals surface area contributed by atoms with Gasteiger partial charge in [0.15, 0.2) is 11.5 Å². The Bertz CT molecular complexity index is 1200. The number of rotatable bonds is 3. The molecule has 4 aromatic rings. The number of anilines is 1. The van der Waals surface area contributed by atoms with Crippen LogP contribution in [0.15, 0.2) is 67.0 Å². The molecule has 0 unspecified atom stereocenters. The highest BCUT2D eigenvalue weighted by atomic mass is 16.7. The fraction of sp³-hybridized carbons (Fsp3) is 0.0909. The highest BCUT2D eigenvalue weighted by molar-refractivity contribution is 6.04. The minimum absolute atomic E-state index is 0.185. The average Bonchev–Trinajstić information content (AvgIpc) is 3.34. The summed E-state index contributed by atoms with van der Waals surface area (Å²) in [6.45, 7) is 2.23. The van der Waals surface area contributed by atoms with Crippen LogP contribution in [-0.4, -0.2) is 22.1 Å². The first-order valence-corrected chi connectivity index (χ1v) is 8.92. The SMILES string of the molecule is Cc1ccn2cc(-c3ccc(NC(=O)c4ccc5c(c4)OCO5)cc3)nc2c1. The largest absolute Gasteiger partial charge is 0.454 e. The summed E-state index contributed by atoms with van der Waals surface area (Å²) < 4.78 is 12.6. The Kier molecular flexibility index (Phi) is 3.76. The van der Waals surface area contributed by atoms with Gasteiger partial charge in [0.05, 0.1) is 5.69 Å². The molecule has 0 fully saturated rings. The molecule has 2 aromatic heterocycles. The van der Waals surface area contributed by atoms with E-state index in [4.69, 9.17) is 9.47 Å². The molecule has 3 heterocycles. The molecule has 1 aliphatic rings. The van der Waals surface area contributed by atoms with Crippen molar-refractivity contribution >= 4 is 17.2 Å². The summed E-state index contributed by atoms with van der Waals surface area (Å²) in [5.41, 5.74) is 5.19. The van der Waals surface area contributed by atoms with Crippen LogP contribution in [0.2, 0.25) is 0 Å². The van der Waals surface area contributed by atoms with Crippen molar-refractivity contribution in [2.75, 3.05) is 12.1 Å². The molecule has 1 aliphatic heterocycles. The van der Waals surface area contributed by atoms with Gasteiger partial charge < -0.3 is 19.2 Å². The number of nitrogens with zero attached hydrogens (tertiary/aromatic N) is 2. The lowest BCUT2D eigenvalue weighted by molar-refractivity contribution is 0.102. The minimum Gasteiger partial charge on any atom is -0.454 e. The van der Waals surface area contributed by atoms with E-state index in [1.54, 1.807) is 18.2 Å². The summed E-state index contributed by atoms with van der Waals surface area (Å²) in [6.07, 6.45) is 4.00. The van der Waals surface area contributed by atoms with Crippen LogP contribution in [0.3, 0.4) is 0 Å². The topological polar surface area (TPSA) is 64.9 Å². The van der Waals surface area contributed by atoms with Crippen molar-refractivity contribution in [2.45, 2.75) is 6.92 Å². The van der Waals surface area contributed by atoms with Gasteiger partial charge in [0.1, 0.15) is 5.65 Å². The number of ether oxygens (including phenoxy) is 2. The molecule has 5 rings (SSSR count). The Hall–Kier alpha value is -3.80. The van der Waals surface area contributed by atoms with E-state index in [1.165, 1.54) is 5.56 Å². The molecule has 0 spiro atoms. The van der Waals surface area contributed by atoms with Gasteiger partial charge in [-0.05, 0) is 55.0 Å². The van der Waals surface area contributed by atoms with Crippen LogP contribution >= 0.6 is 0 Å². The molecule has 0 saturated heterocycles. The number of aromatic nitrogens is 2. The van der Waals surface area contributed by atoms with Gasteiger partial charge in [0.2, 0.25) is 6.79 Å². The number of carbonyl (C=O) groups is 1. The first-order chi connectivity index (χ1) is 13.7. The van der Waals surface area contributed by atoms with Crippen molar-refractivity contribution < 1.29 is 14.3 Å². The minimum atomic E-state index is -0.200. The van der Waals surface area contributed by atoms with E-state index in [0.717, 1.165) is 16.9 Å². The maximum atomic E-state index is 12.5. The molecule has 0 radical (unpaired) electrons. The van der Waals surface area contributed by atoms with E-state index >= 15 is 0 Å². The normalized spacial score (nSPS) is 12.3. The second-order valence-corrected chi connectivity index (χ2v) is 6.70. The van der Waals surface area contributed by atoms with Crippen LogP contribution in [0.1, 0.15) is 15.9 Å². The zero-order valence-electron chi connectivity index (χ0n) is 15.2. The van der Waals surface area contributed by atoms with Gasteiger partial charge in [0.25, 0.3) is 5.91 Å². The monoisotopic (exact) mass is 371 g/mol. The zero-order chi connectivity index (χ0) is 19.1. The molecular formula is C22H17N3O3. The van der Waals surface area contributed by atoms with Gasteiger partial charge in [-0.1, -0.05) is 12.1 Å². The first kappa shape index (κ1) is 16.4. The van der Waals surface area contributed by atoms with Crippen LogP contribution in [0.25, 0.3) is 16.9 Å². The fourth-order valence-corrected chi connectivity index (χ4v) is 3.19. The van der Waals surface area contributed by atoms with Gasteiger partial charge in [-0.25, -0.2) is 4.98 Å². The molecule has 0 bridgehead atoms. The molecular weight excluding hydrogens is 354 g/mol. The smallest absolute Gasteiger partial charge is 0.255 e. The number of hydrogen-bond donors (Lipinski definition) is 1. The summed E-state index contributed by atoms with van der Waals surface area (Å²) in [6, 6.07) is 16.9. The average molecular weight is 371 g/mol. The fourth-order valence-electron chi connectivity index (χ4n) is 3.19. The molecule has 0 atom stereocenters. The van der Waals surface area contributed by atoms with E-state index < -0.39 is 0 Å². The third-order valence-electron chi connectivity index (χ3n) is 4.69. The maximum Gasteiger partial charge on any atom is 0.255 e. The van der Waals surface area contributed by atoms with Gasteiger partial charge in [-0.3, -0.25) is 4.79 Å². The molecule has 1 amide bonds. The first-order valence-electron chi connectivity index (χ1n) is 8.92. The predicted octanol–water partition coefficient (Wildman–Crippen LogP) is 4.29. The van der Waals surface area contributed by atoms with Crippen molar-refractivity contribution in [3.05, 3.63) is 78.1 Å². The number of imidazole rings is 1. The number of nitrogens with one attached hydrogen (secondary N) is 1. The highest BCUT2D eigenvalue weighted by Crippen LogP contribution is 2.32. The van der Waals surface area contributed by atoms with Crippen LogP contribution < -0.4 is 14.8 Å². The van der Waals surface area contributed by atoms with Crippen LogP contribution in [0, 0.1) is 6.92 Å². The predicted molar refractivity (Wildman–Crippen MR) is 106 cm³/mol. The maximum absolute atomic E-state index is 12.5. The van der Waals surface area contributed by atoms with Crippen molar-refractivity contribution in [3.8, 4) is 22.8 Å². The second-order valence-electron chi connectivity index (χ2n) is 6.70. The van der Waals surface area contributed by atoms with E-state index in [9.17, 15) is 4.79 Å². The summed E-state index contributed by atoms with van der Waals surface area (Å²) >= 11 is 0. The molecule has 6 nitrogen and oxygen atoms in total. The number of amides is 1. The van der Waals surface area contributed by atoms with Crippen molar-refractivity contribution in [2.24, 2.45) is 0 Å². The van der Waals surface area contributed by atoms with Gasteiger partial charge in [-0.15, -0.1) is 0 Å². The molecule has 138 valence electrons. The summed E-state index contributed by atoms with van der Waals surface area (Å²) in [5, 5.41) is 2.90. The summed E-state index contributed by atoms with van der Waals surface area (Å²) in [7, 11) is 0. The van der Waals surface area contributed by atoms with Crippen LogP contribution in [0.5, 0.6) is 11.5 Å². The Morgan fingerprint density at radius 2 is 1.86 bits per heavy atom. The molecule has 6 heteroatoms. The Labute approximate surface area is 161 Å². The number of hydrogen-bond acceptors (Lipinski definition) is 4. The van der Waals surface area contributed by atoms with Gasteiger partial charge in [0, 0.05) is 29.2 Å². The number of carbonyl (C=O) groups excluding carboxylic acids is 1. The molecule has 2 aromatic carbocycles. The standard InChI is InChI=1S/C22H17N3O3/c1-14-8-9-25-12-18(24-21(25)10-14)15-2-5-17(6-3-15)23-22(26)16-4-7-19-20(11-16)28-13-27-19/h2-12H,13H2,1H3,(H,23,26). The Balaban J connectivity index is 1.35. The number of fused-ring (bicyclic) bond motifs is 2. The lowest BCUT2D eigenvalue weighted by Gasteiger charge is -2.07. The molecule has 1 N–H and O–H groups in total. The number of pyridine rings is 1. The lowest BCUT2D eigenvalue weighted by Crippen LogP contribution is -2.11. The molecule has 28 heavy (non-hydrogen) atoms. The van der Waals surface area contributed by atoms with E-state index in [0.29, 0.717) is 22.7 Å². The highest BCUT2D eigenvalue weighted by Gasteiger charge is 2.16. The zero-order valence-corrected chi connectivity index (χ0v) is 15.2. The summed E-state index contributed by atoms with van der Waals surface area (Å²) in [4.78, 5) is 17.2. The van der Waals surface area contributed by atoms with E-state index in [-0.39, 0.29) is 12.7 Å². The lowest BCUT2D eigenvalue weighted by atomic mass is 10.1. The number of benzene rings is 2. The van der Waals surface area contributed by atoms with E-state index in [2.05, 4.69) is 10.3 Å². The second kappa shape index (κ2) is 6.42. The van der Waals surface area contributed by atoms with Crippen molar-refractivity contribution in [1.82, 2.24) is 9.38 Å². The summed E-state index contributed by atoms with van der Waals surface area (Å²) in [5.74, 6) is 1.04. The van der Waals surface area contributed by atoms with Crippen LogP contribution in [-0.2, 0) is 0 Å². The Morgan fingerprint density at radius 1 is 1.04 bits per heavy atom. The molecule has 0 saturated carbocycles.